The Bertz CT molecular complexity index is 882. The Balaban J connectivity index is 2.11. The van der Waals surface area contributed by atoms with Gasteiger partial charge in [-0.1, -0.05) is 25.6 Å². The molecule has 1 aliphatic rings. The molecule has 0 radical (unpaired) electrons. The van der Waals surface area contributed by atoms with Crippen molar-refractivity contribution in [1.82, 2.24) is 4.31 Å². The second-order valence-electron chi connectivity index (χ2n) is 7.90. The number of halogens is 1. The fourth-order valence-corrected chi connectivity index (χ4v) is 4.98. The Hall–Kier alpha value is -1.93. The first-order valence-electron chi connectivity index (χ1n) is 8.87. The predicted molar refractivity (Wildman–Crippen MR) is 110 cm³/mol. The molecule has 1 fully saturated rings. The van der Waals surface area contributed by atoms with Crippen molar-refractivity contribution in [2.45, 2.75) is 25.2 Å². The molecule has 28 heavy (non-hydrogen) atoms. The third kappa shape index (κ3) is 5.78. The van der Waals surface area contributed by atoms with E-state index in [1.165, 1.54) is 16.4 Å². The number of carboxylic acid groups (broad SMARTS) is 1. The molecule has 1 aromatic rings. The molecule has 1 aliphatic heterocycles. The highest BCUT2D eigenvalue weighted by atomic mass is 32.2. The molecule has 3 N–H and O–H groups in total. The van der Waals surface area contributed by atoms with Crippen LogP contribution in [0.15, 0.2) is 24.3 Å². The highest BCUT2D eigenvalue weighted by Crippen LogP contribution is 2.19. The normalized spacial score (nSPS) is 18.1. The fraction of sp³-hybridized carbons (Fsp3) is 0.500. The summed E-state index contributed by atoms with van der Waals surface area (Å²) in [7, 11) is -5.84. The quantitative estimate of drug-likeness (QED) is 0.535. The number of nitrogens with two attached hydrogens (primary N) is 1. The largest absolute Gasteiger partial charge is 0.479 e. The zero-order chi connectivity index (χ0) is 21.2. The van der Waals surface area contributed by atoms with Crippen molar-refractivity contribution in [3.8, 4) is 11.5 Å². The van der Waals surface area contributed by atoms with Crippen molar-refractivity contribution < 1.29 is 22.7 Å². The maximum Gasteiger partial charge on any atom is 0.337 e. The monoisotopic (exact) mass is 427 g/mol. The first kappa shape index (κ1) is 22.4. The zero-order valence-corrected chi connectivity index (χ0v) is 18.1. The number of hydrogen-bond donors (Lipinski definition) is 2. The van der Waals surface area contributed by atoms with Gasteiger partial charge < -0.3 is 15.7 Å². The van der Waals surface area contributed by atoms with Crippen molar-refractivity contribution >= 4 is 29.8 Å². The van der Waals surface area contributed by atoms with E-state index < -0.39 is 35.4 Å². The first-order valence-corrected chi connectivity index (χ1v) is 14.0. The zero-order valence-electron chi connectivity index (χ0n) is 16.3. The number of anilines is 1. The van der Waals surface area contributed by atoms with Crippen LogP contribution in [0.1, 0.15) is 0 Å². The van der Waals surface area contributed by atoms with Gasteiger partial charge in [-0.2, -0.15) is 4.31 Å². The van der Waals surface area contributed by atoms with Crippen molar-refractivity contribution in [1.29, 1.82) is 0 Å². The molecule has 0 aliphatic carbocycles. The molecule has 1 unspecified atom stereocenters. The van der Waals surface area contributed by atoms with Gasteiger partial charge in [0, 0.05) is 31.9 Å². The molecule has 0 spiro atoms. The van der Waals surface area contributed by atoms with Crippen LogP contribution in [0.25, 0.3) is 0 Å². The summed E-state index contributed by atoms with van der Waals surface area (Å²) in [5, 5.41) is 9.47. The third-order valence-corrected chi connectivity index (χ3v) is 7.12. The Morgan fingerprint density at radius 1 is 1.21 bits per heavy atom. The second kappa shape index (κ2) is 8.20. The number of nitrogens with zero attached hydrogens (tertiary/aromatic N) is 2. The highest BCUT2D eigenvalue weighted by Gasteiger charge is 2.41. The van der Waals surface area contributed by atoms with Gasteiger partial charge in [-0.15, -0.1) is 5.54 Å². The Kier molecular flexibility index (Phi) is 6.55. The molecule has 0 amide bonds. The van der Waals surface area contributed by atoms with Gasteiger partial charge in [0.25, 0.3) is 0 Å². The second-order valence-corrected chi connectivity index (χ2v) is 14.6. The molecule has 154 valence electrons. The molecule has 0 aromatic heterocycles. The average molecular weight is 428 g/mol. The number of sulfonamides is 1. The van der Waals surface area contributed by atoms with E-state index in [9.17, 15) is 22.7 Å². The minimum absolute atomic E-state index is 0.191. The maximum atomic E-state index is 13.1. The predicted octanol–water partition coefficient (Wildman–Crippen LogP) is 0.940. The maximum absolute atomic E-state index is 13.1. The summed E-state index contributed by atoms with van der Waals surface area (Å²) in [6, 6.07) is 5.98. The lowest BCUT2D eigenvalue weighted by Crippen LogP contribution is -2.57. The molecule has 1 atom stereocenters. The molecule has 1 saturated heterocycles. The van der Waals surface area contributed by atoms with Gasteiger partial charge in [0.2, 0.25) is 10.0 Å². The number of benzene rings is 1. The Morgan fingerprint density at radius 3 is 2.21 bits per heavy atom. The minimum Gasteiger partial charge on any atom is -0.479 e. The van der Waals surface area contributed by atoms with Crippen molar-refractivity contribution in [3.05, 3.63) is 30.1 Å². The summed E-state index contributed by atoms with van der Waals surface area (Å²) in [6.45, 7) is 6.97. The number of piperazine rings is 1. The van der Waals surface area contributed by atoms with Gasteiger partial charge in [0.05, 0.1) is 0 Å². The van der Waals surface area contributed by atoms with Crippen molar-refractivity contribution in [2.24, 2.45) is 5.73 Å². The molecule has 0 saturated carbocycles. The molecule has 1 heterocycles. The van der Waals surface area contributed by atoms with Crippen LogP contribution in [-0.4, -0.2) is 69.3 Å². The summed E-state index contributed by atoms with van der Waals surface area (Å²) in [5.41, 5.74) is 7.39. The number of rotatable bonds is 5. The number of carbonyl (C=O) groups is 1. The molecule has 0 bridgehead atoms. The lowest BCUT2D eigenvalue weighted by molar-refractivity contribution is -0.140. The fourth-order valence-electron chi connectivity index (χ4n) is 2.71. The van der Waals surface area contributed by atoms with Gasteiger partial charge in [-0.25, -0.2) is 17.6 Å². The summed E-state index contributed by atoms with van der Waals surface area (Å²) < 4.78 is 39.9. The van der Waals surface area contributed by atoms with Crippen molar-refractivity contribution in [3.63, 3.8) is 0 Å². The van der Waals surface area contributed by atoms with Gasteiger partial charge in [-0.3, -0.25) is 0 Å². The van der Waals surface area contributed by atoms with Gasteiger partial charge in [0.1, 0.15) is 19.6 Å². The van der Waals surface area contributed by atoms with Crippen LogP contribution >= 0.6 is 0 Å². The van der Waals surface area contributed by atoms with E-state index in [1.807, 2.05) is 24.5 Å². The first-order chi connectivity index (χ1) is 12.8. The standard InChI is InChI=1S/C18H26FN3O4SSi/c1-28(2,3)13-8-18(20,17(23)24)14-27(25,26)22-11-9-21(10-12-22)16-6-4-15(19)5-7-16/h4-7H,9-12,14,20H2,1-3H3,(H,23,24). The number of aliphatic carboxylic acids is 1. The molecular weight excluding hydrogens is 401 g/mol. The molecular formula is C18H26FN3O4SSi. The van der Waals surface area contributed by atoms with E-state index in [1.54, 1.807) is 12.1 Å². The summed E-state index contributed by atoms with van der Waals surface area (Å²) in [4.78, 5) is 13.6. The van der Waals surface area contributed by atoms with E-state index in [0.29, 0.717) is 13.1 Å². The van der Waals surface area contributed by atoms with Crippen molar-refractivity contribution in [2.75, 3.05) is 36.8 Å². The summed E-state index contributed by atoms with van der Waals surface area (Å²) >= 11 is 0. The molecule has 7 nitrogen and oxygen atoms in total. The van der Waals surface area contributed by atoms with E-state index in [2.05, 4.69) is 11.5 Å². The van der Waals surface area contributed by atoms with Gasteiger partial charge in [0.15, 0.2) is 5.54 Å². The van der Waals surface area contributed by atoms with Crippen LogP contribution in [0, 0.1) is 17.3 Å². The summed E-state index contributed by atoms with van der Waals surface area (Å²) in [6.07, 6.45) is 0. The third-order valence-electron chi connectivity index (χ3n) is 4.28. The van der Waals surface area contributed by atoms with E-state index >= 15 is 0 Å². The van der Waals surface area contributed by atoms with Crippen LogP contribution in [0.3, 0.4) is 0 Å². The average Bonchev–Trinajstić information content (AvgIpc) is 2.60. The lowest BCUT2D eigenvalue weighted by atomic mass is 10.1. The van der Waals surface area contributed by atoms with Crippen LogP contribution in [0.5, 0.6) is 0 Å². The number of carboxylic acids is 1. The molecule has 10 heteroatoms. The van der Waals surface area contributed by atoms with E-state index in [-0.39, 0.29) is 18.9 Å². The van der Waals surface area contributed by atoms with E-state index in [4.69, 9.17) is 5.73 Å². The van der Waals surface area contributed by atoms with Crippen LogP contribution in [0.2, 0.25) is 19.6 Å². The highest BCUT2D eigenvalue weighted by molar-refractivity contribution is 7.89. The SMILES string of the molecule is C[Si](C)(C)C#CC(N)(CS(=O)(=O)N1CCN(c2ccc(F)cc2)CC1)C(=O)O. The topological polar surface area (TPSA) is 104 Å². The number of hydrogen-bond acceptors (Lipinski definition) is 5. The molecule has 1 aromatic carbocycles. The lowest BCUT2D eigenvalue weighted by Gasteiger charge is -2.36. The van der Waals surface area contributed by atoms with Crippen LogP contribution < -0.4 is 10.6 Å². The van der Waals surface area contributed by atoms with Gasteiger partial charge in [-0.05, 0) is 24.3 Å². The van der Waals surface area contributed by atoms with Crippen LogP contribution in [0.4, 0.5) is 10.1 Å². The van der Waals surface area contributed by atoms with E-state index in [0.717, 1.165) is 5.69 Å². The minimum atomic E-state index is -3.91. The van der Waals surface area contributed by atoms with Gasteiger partial charge >= 0.3 is 5.97 Å². The Labute approximate surface area is 166 Å². The van der Waals surface area contributed by atoms with Crippen LogP contribution in [-0.2, 0) is 14.8 Å². The molecule has 2 rings (SSSR count). The smallest absolute Gasteiger partial charge is 0.337 e. The Morgan fingerprint density at radius 2 is 1.75 bits per heavy atom. The summed E-state index contributed by atoms with van der Waals surface area (Å²) in [5.74, 6) is -0.0535.